The number of aryl methyl sites for hydroxylation is 1. The van der Waals surface area contributed by atoms with E-state index in [1.54, 1.807) is 6.07 Å². The average molecular weight is 322 g/mol. The molecule has 1 aliphatic heterocycles. The number of rotatable bonds is 3. The number of amides is 1. The van der Waals surface area contributed by atoms with E-state index in [1.165, 1.54) is 12.8 Å². The van der Waals surface area contributed by atoms with Crippen LogP contribution in [-0.2, 0) is 4.79 Å². The minimum Gasteiger partial charge on any atom is -0.327 e. The van der Waals surface area contributed by atoms with E-state index < -0.39 is 0 Å². The molecule has 5 heteroatoms. The normalized spacial score (nSPS) is 28.4. The van der Waals surface area contributed by atoms with Gasteiger partial charge in [0.25, 0.3) is 0 Å². The van der Waals surface area contributed by atoms with Crippen molar-refractivity contribution in [3.05, 3.63) is 28.8 Å². The van der Waals surface area contributed by atoms with Gasteiger partial charge in [0.15, 0.2) is 0 Å². The second kappa shape index (κ2) is 6.57. The van der Waals surface area contributed by atoms with Crippen LogP contribution in [0.3, 0.4) is 0 Å². The van der Waals surface area contributed by atoms with Gasteiger partial charge in [0.05, 0.1) is 6.54 Å². The molecule has 1 aliphatic carbocycles. The molecule has 22 heavy (non-hydrogen) atoms. The fourth-order valence-corrected chi connectivity index (χ4v) is 3.99. The van der Waals surface area contributed by atoms with Crippen molar-refractivity contribution in [2.24, 2.45) is 17.6 Å². The number of carbonyl (C=O) groups excluding carboxylic acids is 1. The van der Waals surface area contributed by atoms with E-state index in [2.05, 4.69) is 10.2 Å². The van der Waals surface area contributed by atoms with Crippen LogP contribution in [0.5, 0.6) is 0 Å². The third-order valence-electron chi connectivity index (χ3n) is 5.05. The number of hydrogen-bond donors (Lipinski definition) is 2. The van der Waals surface area contributed by atoms with Crippen LogP contribution in [0.4, 0.5) is 5.69 Å². The molecule has 4 nitrogen and oxygen atoms in total. The van der Waals surface area contributed by atoms with Crippen molar-refractivity contribution in [3.8, 4) is 0 Å². The molecular weight excluding hydrogens is 298 g/mol. The monoisotopic (exact) mass is 321 g/mol. The molecule has 3 N–H and O–H groups in total. The van der Waals surface area contributed by atoms with E-state index in [-0.39, 0.29) is 5.91 Å². The highest BCUT2D eigenvalue weighted by Gasteiger charge is 2.38. The Labute approximate surface area is 137 Å². The highest BCUT2D eigenvalue weighted by atomic mass is 35.5. The predicted octanol–water partition coefficient (Wildman–Crippen LogP) is 2.65. The van der Waals surface area contributed by atoms with Crippen molar-refractivity contribution in [1.82, 2.24) is 4.90 Å². The zero-order valence-corrected chi connectivity index (χ0v) is 13.8. The number of benzene rings is 1. The van der Waals surface area contributed by atoms with E-state index in [0.29, 0.717) is 29.4 Å². The van der Waals surface area contributed by atoms with E-state index in [0.717, 1.165) is 30.8 Å². The van der Waals surface area contributed by atoms with Gasteiger partial charge in [0.2, 0.25) is 5.91 Å². The van der Waals surface area contributed by atoms with Gasteiger partial charge in [-0.3, -0.25) is 9.69 Å². The number of likely N-dealkylation sites (tertiary alicyclic amines) is 1. The van der Waals surface area contributed by atoms with E-state index in [4.69, 9.17) is 17.3 Å². The Kier molecular flexibility index (Phi) is 4.71. The van der Waals surface area contributed by atoms with Crippen LogP contribution in [0.15, 0.2) is 18.2 Å². The maximum absolute atomic E-state index is 12.2. The number of carbonyl (C=O) groups is 1. The van der Waals surface area contributed by atoms with E-state index in [9.17, 15) is 4.79 Å². The summed E-state index contributed by atoms with van der Waals surface area (Å²) >= 11 is 6.09. The Bertz CT molecular complexity index is 563. The molecule has 1 saturated heterocycles. The van der Waals surface area contributed by atoms with Gasteiger partial charge < -0.3 is 11.1 Å². The van der Waals surface area contributed by atoms with Crippen molar-refractivity contribution < 1.29 is 4.79 Å². The summed E-state index contributed by atoms with van der Waals surface area (Å²) in [6, 6.07) is 5.91. The summed E-state index contributed by atoms with van der Waals surface area (Å²) in [4.78, 5) is 14.5. The maximum Gasteiger partial charge on any atom is 0.238 e. The van der Waals surface area contributed by atoms with Gasteiger partial charge in [-0.2, -0.15) is 0 Å². The molecule has 1 amide bonds. The zero-order chi connectivity index (χ0) is 15.7. The smallest absolute Gasteiger partial charge is 0.238 e. The second-order valence-electron chi connectivity index (χ2n) is 6.72. The Morgan fingerprint density at radius 2 is 2.23 bits per heavy atom. The second-order valence-corrected chi connectivity index (χ2v) is 7.13. The molecule has 0 aromatic heterocycles. The lowest BCUT2D eigenvalue weighted by Gasteiger charge is -2.29. The molecule has 3 atom stereocenters. The number of anilines is 1. The number of nitrogens with one attached hydrogen (secondary N) is 1. The van der Waals surface area contributed by atoms with Crippen molar-refractivity contribution in [2.45, 2.75) is 32.2 Å². The highest BCUT2D eigenvalue weighted by molar-refractivity contribution is 6.31. The molecule has 2 aliphatic rings. The Morgan fingerprint density at radius 1 is 1.41 bits per heavy atom. The SMILES string of the molecule is Cc1ccc(NC(=O)CN2CC3CCCC(N)C3C2)cc1Cl. The van der Waals surface area contributed by atoms with Crippen LogP contribution in [0.1, 0.15) is 24.8 Å². The molecule has 0 spiro atoms. The molecule has 1 heterocycles. The first-order chi connectivity index (χ1) is 10.5. The standard InChI is InChI=1S/C17H24ClN3O/c1-11-5-6-13(7-15(11)18)20-17(22)10-21-8-12-3-2-4-16(19)14(12)9-21/h5-7,12,14,16H,2-4,8-10,19H2,1H3,(H,20,22). The van der Waals surface area contributed by atoms with Gasteiger partial charge in [-0.15, -0.1) is 0 Å². The van der Waals surface area contributed by atoms with Crippen molar-refractivity contribution in [3.63, 3.8) is 0 Å². The zero-order valence-electron chi connectivity index (χ0n) is 13.0. The minimum absolute atomic E-state index is 0.0205. The number of nitrogens with zero attached hydrogens (tertiary/aromatic N) is 1. The molecule has 3 unspecified atom stereocenters. The Morgan fingerprint density at radius 3 is 2.95 bits per heavy atom. The van der Waals surface area contributed by atoms with Crippen molar-refractivity contribution >= 4 is 23.2 Å². The van der Waals surface area contributed by atoms with Crippen LogP contribution < -0.4 is 11.1 Å². The first-order valence-electron chi connectivity index (χ1n) is 8.07. The maximum atomic E-state index is 12.2. The first kappa shape index (κ1) is 15.8. The summed E-state index contributed by atoms with van der Waals surface area (Å²) in [6.45, 7) is 4.34. The number of hydrogen-bond acceptors (Lipinski definition) is 3. The topological polar surface area (TPSA) is 58.4 Å². The van der Waals surface area contributed by atoms with Gasteiger partial charge >= 0.3 is 0 Å². The van der Waals surface area contributed by atoms with E-state index >= 15 is 0 Å². The molecule has 2 fully saturated rings. The number of fused-ring (bicyclic) bond motifs is 1. The molecule has 1 aromatic carbocycles. The summed E-state index contributed by atoms with van der Waals surface area (Å²) in [6.07, 6.45) is 3.61. The first-order valence-corrected chi connectivity index (χ1v) is 8.44. The fourth-order valence-electron chi connectivity index (χ4n) is 3.81. The Hall–Kier alpha value is -1.10. The molecule has 0 bridgehead atoms. The summed E-state index contributed by atoms with van der Waals surface area (Å²) in [5, 5.41) is 3.61. The van der Waals surface area contributed by atoms with Gasteiger partial charge in [0, 0.05) is 29.8 Å². The van der Waals surface area contributed by atoms with E-state index in [1.807, 2.05) is 19.1 Å². The van der Waals surface area contributed by atoms with Crippen LogP contribution in [0, 0.1) is 18.8 Å². The van der Waals surface area contributed by atoms with Crippen LogP contribution in [0.2, 0.25) is 5.02 Å². The summed E-state index contributed by atoms with van der Waals surface area (Å²) < 4.78 is 0. The number of halogens is 1. The summed E-state index contributed by atoms with van der Waals surface area (Å²) in [5.74, 6) is 1.26. The molecule has 1 aromatic rings. The lowest BCUT2D eigenvalue weighted by molar-refractivity contribution is -0.117. The van der Waals surface area contributed by atoms with Crippen LogP contribution in [-0.4, -0.2) is 36.5 Å². The molecule has 1 saturated carbocycles. The third kappa shape index (κ3) is 3.45. The molecule has 120 valence electrons. The third-order valence-corrected chi connectivity index (χ3v) is 5.46. The fraction of sp³-hybridized carbons (Fsp3) is 0.588. The molecule has 0 radical (unpaired) electrons. The largest absolute Gasteiger partial charge is 0.327 e. The number of nitrogens with two attached hydrogens (primary N) is 1. The lowest BCUT2D eigenvalue weighted by Crippen LogP contribution is -2.38. The average Bonchev–Trinajstić information content (AvgIpc) is 2.87. The summed E-state index contributed by atoms with van der Waals surface area (Å²) in [7, 11) is 0. The van der Waals surface area contributed by atoms with Gasteiger partial charge in [-0.05, 0) is 49.3 Å². The highest BCUT2D eigenvalue weighted by Crippen LogP contribution is 2.35. The van der Waals surface area contributed by atoms with Gasteiger partial charge in [-0.1, -0.05) is 24.1 Å². The van der Waals surface area contributed by atoms with Crippen LogP contribution >= 0.6 is 11.6 Å². The van der Waals surface area contributed by atoms with Crippen molar-refractivity contribution in [2.75, 3.05) is 25.0 Å². The predicted molar refractivity (Wildman–Crippen MR) is 90.1 cm³/mol. The summed E-state index contributed by atoms with van der Waals surface area (Å²) in [5.41, 5.74) is 8.00. The quantitative estimate of drug-likeness (QED) is 0.900. The lowest BCUT2D eigenvalue weighted by atomic mass is 9.78. The molecule has 3 rings (SSSR count). The van der Waals surface area contributed by atoms with Crippen LogP contribution in [0.25, 0.3) is 0 Å². The molecular formula is C17H24ClN3O. The Balaban J connectivity index is 1.55. The van der Waals surface area contributed by atoms with Crippen molar-refractivity contribution in [1.29, 1.82) is 0 Å². The van der Waals surface area contributed by atoms with Gasteiger partial charge in [-0.25, -0.2) is 0 Å². The van der Waals surface area contributed by atoms with Gasteiger partial charge in [0.1, 0.15) is 0 Å². The minimum atomic E-state index is 0.0205.